The van der Waals surface area contributed by atoms with Crippen molar-refractivity contribution >= 4 is 35.0 Å². The Hall–Kier alpha value is -1.40. The summed E-state index contributed by atoms with van der Waals surface area (Å²) in [5, 5.41) is 0.923. The number of aromatic nitrogens is 2. The minimum atomic E-state index is -0.626. The molecule has 8 heteroatoms. The minimum Gasteiger partial charge on any atom is -0.272 e. The van der Waals surface area contributed by atoms with E-state index in [2.05, 4.69) is 15.4 Å². The Morgan fingerprint density at radius 2 is 2.06 bits per heavy atom. The van der Waals surface area contributed by atoms with E-state index in [9.17, 15) is 9.59 Å². The number of nitrogens with zero attached hydrogens (tertiary/aromatic N) is 3. The molecule has 86 valence electrons. The zero-order valence-electron chi connectivity index (χ0n) is 8.28. The van der Waals surface area contributed by atoms with Crippen molar-refractivity contribution in [1.82, 2.24) is 20.4 Å². The number of halogens is 2. The first-order chi connectivity index (χ1) is 7.56. The van der Waals surface area contributed by atoms with Gasteiger partial charge in [-0.25, -0.2) is 9.97 Å². The number of alkyl halides is 1. The van der Waals surface area contributed by atoms with Crippen LogP contribution in [-0.4, -0.2) is 39.7 Å². The number of carbonyl (C=O) groups excluding carboxylic acids is 2. The van der Waals surface area contributed by atoms with Gasteiger partial charge in [-0.2, -0.15) is 0 Å². The second-order valence-electron chi connectivity index (χ2n) is 2.72. The lowest BCUT2D eigenvalue weighted by Gasteiger charge is -2.16. The van der Waals surface area contributed by atoms with E-state index in [-0.39, 0.29) is 16.7 Å². The molecule has 0 radical (unpaired) electrons. The monoisotopic (exact) mass is 262 g/mol. The van der Waals surface area contributed by atoms with Gasteiger partial charge in [-0.15, -0.1) is 11.6 Å². The molecule has 0 aliphatic heterocycles. The molecule has 0 bridgehead atoms. The van der Waals surface area contributed by atoms with Crippen LogP contribution in [-0.2, 0) is 4.79 Å². The molecule has 16 heavy (non-hydrogen) atoms. The van der Waals surface area contributed by atoms with Gasteiger partial charge in [0.15, 0.2) is 10.8 Å². The summed E-state index contributed by atoms with van der Waals surface area (Å²) in [7, 11) is 1.37. The fourth-order valence-corrected chi connectivity index (χ4v) is 1.20. The smallest absolute Gasteiger partial charge is 0.272 e. The van der Waals surface area contributed by atoms with Crippen molar-refractivity contribution in [3.05, 3.63) is 23.2 Å². The van der Waals surface area contributed by atoms with Gasteiger partial charge in [0.2, 0.25) is 0 Å². The van der Waals surface area contributed by atoms with Crippen LogP contribution in [0.2, 0.25) is 5.15 Å². The molecule has 0 aliphatic rings. The third-order valence-corrected chi connectivity index (χ3v) is 2.13. The Balaban J connectivity index is 2.73. The third-order valence-electron chi connectivity index (χ3n) is 1.63. The van der Waals surface area contributed by atoms with Gasteiger partial charge in [0.05, 0.1) is 0 Å². The van der Waals surface area contributed by atoms with E-state index < -0.39 is 11.8 Å². The van der Waals surface area contributed by atoms with E-state index in [4.69, 9.17) is 23.2 Å². The zero-order valence-corrected chi connectivity index (χ0v) is 9.79. The Labute approximate surface area is 102 Å². The first-order valence-electron chi connectivity index (χ1n) is 4.16. The van der Waals surface area contributed by atoms with Crippen molar-refractivity contribution in [3.8, 4) is 0 Å². The van der Waals surface area contributed by atoms with E-state index in [0.29, 0.717) is 0 Å². The largest absolute Gasteiger partial charge is 0.291 e. The van der Waals surface area contributed by atoms with Crippen LogP contribution in [0.3, 0.4) is 0 Å². The molecule has 0 aliphatic carbocycles. The Bertz CT molecular complexity index is 413. The lowest BCUT2D eigenvalue weighted by atomic mass is 10.4. The second kappa shape index (κ2) is 5.62. The molecule has 6 nitrogen and oxygen atoms in total. The predicted molar refractivity (Wildman–Crippen MR) is 58.0 cm³/mol. The fraction of sp³-hybridized carbons (Fsp3) is 0.250. The van der Waals surface area contributed by atoms with Crippen molar-refractivity contribution in [1.29, 1.82) is 0 Å². The van der Waals surface area contributed by atoms with Crippen molar-refractivity contribution in [2.45, 2.75) is 0 Å². The van der Waals surface area contributed by atoms with E-state index in [1.54, 1.807) is 0 Å². The molecule has 0 saturated heterocycles. The van der Waals surface area contributed by atoms with Crippen LogP contribution < -0.4 is 5.43 Å². The topological polar surface area (TPSA) is 75.2 Å². The van der Waals surface area contributed by atoms with Crippen LogP contribution in [0.25, 0.3) is 0 Å². The van der Waals surface area contributed by atoms with Crippen LogP contribution in [0.1, 0.15) is 10.5 Å². The van der Waals surface area contributed by atoms with Gasteiger partial charge in [0.25, 0.3) is 11.8 Å². The van der Waals surface area contributed by atoms with Crippen molar-refractivity contribution in [3.63, 3.8) is 0 Å². The molecule has 0 aromatic carbocycles. The summed E-state index contributed by atoms with van der Waals surface area (Å²) < 4.78 is 0. The van der Waals surface area contributed by atoms with Gasteiger partial charge >= 0.3 is 0 Å². The molecule has 2 amide bonds. The molecule has 0 unspecified atom stereocenters. The molecule has 1 heterocycles. The average molecular weight is 263 g/mol. The van der Waals surface area contributed by atoms with E-state index >= 15 is 0 Å². The summed E-state index contributed by atoms with van der Waals surface area (Å²) >= 11 is 11.0. The highest BCUT2D eigenvalue weighted by atomic mass is 35.5. The number of carbonyl (C=O) groups is 2. The standard InChI is InChI=1S/C8H8Cl2N4O2/c1-14(5(15)4-9)13-8(16)6-7(10)12-3-2-11-6/h2-3H,4H2,1H3,(H,13,16). The quantitative estimate of drug-likeness (QED) is 0.621. The highest BCUT2D eigenvalue weighted by Crippen LogP contribution is 2.07. The molecule has 0 saturated carbocycles. The minimum absolute atomic E-state index is 0.0354. The number of rotatable bonds is 2. The molecule has 0 fully saturated rings. The maximum Gasteiger partial charge on any atom is 0.291 e. The normalized spacial score (nSPS) is 9.69. The van der Waals surface area contributed by atoms with Crippen LogP contribution in [0.4, 0.5) is 0 Å². The zero-order chi connectivity index (χ0) is 12.1. The Morgan fingerprint density at radius 3 is 2.62 bits per heavy atom. The van der Waals surface area contributed by atoms with Crippen molar-refractivity contribution in [2.75, 3.05) is 12.9 Å². The number of amides is 2. The van der Waals surface area contributed by atoms with Gasteiger partial charge in [-0.05, 0) is 0 Å². The number of hydrogen-bond acceptors (Lipinski definition) is 4. The van der Waals surface area contributed by atoms with Crippen LogP contribution in [0, 0.1) is 0 Å². The fourth-order valence-electron chi connectivity index (χ4n) is 0.831. The molecular weight excluding hydrogens is 255 g/mol. The SMILES string of the molecule is CN(NC(=O)c1nccnc1Cl)C(=O)CCl. The molecule has 1 aromatic heterocycles. The summed E-state index contributed by atoms with van der Waals surface area (Å²) in [6.07, 6.45) is 2.68. The highest BCUT2D eigenvalue weighted by molar-refractivity contribution is 6.32. The summed E-state index contributed by atoms with van der Waals surface area (Å²) in [5.41, 5.74) is 2.20. The molecule has 1 N–H and O–H groups in total. The predicted octanol–water partition coefficient (Wildman–Crippen LogP) is 0.472. The van der Waals surface area contributed by atoms with Crippen LogP contribution >= 0.6 is 23.2 Å². The number of hydrogen-bond donors (Lipinski definition) is 1. The van der Waals surface area contributed by atoms with Gasteiger partial charge in [0, 0.05) is 19.4 Å². The van der Waals surface area contributed by atoms with E-state index in [1.807, 2.05) is 0 Å². The molecular formula is C8H8Cl2N4O2. The van der Waals surface area contributed by atoms with E-state index in [0.717, 1.165) is 5.01 Å². The van der Waals surface area contributed by atoms with Crippen LogP contribution in [0.15, 0.2) is 12.4 Å². The summed E-state index contributed by atoms with van der Waals surface area (Å²) in [5.74, 6) is -1.31. The molecule has 1 aromatic rings. The second-order valence-corrected chi connectivity index (χ2v) is 3.35. The van der Waals surface area contributed by atoms with Gasteiger partial charge < -0.3 is 0 Å². The molecule has 0 spiro atoms. The van der Waals surface area contributed by atoms with Gasteiger partial charge in [-0.3, -0.25) is 20.0 Å². The summed E-state index contributed by atoms with van der Waals surface area (Å²) in [4.78, 5) is 30.1. The van der Waals surface area contributed by atoms with Crippen molar-refractivity contribution in [2.24, 2.45) is 0 Å². The van der Waals surface area contributed by atoms with Gasteiger partial charge in [0.1, 0.15) is 5.88 Å². The first kappa shape index (κ1) is 12.7. The Morgan fingerprint density at radius 1 is 1.44 bits per heavy atom. The van der Waals surface area contributed by atoms with Gasteiger partial charge in [-0.1, -0.05) is 11.6 Å². The molecule has 1 rings (SSSR count). The average Bonchev–Trinajstić information content (AvgIpc) is 2.28. The Kier molecular flexibility index (Phi) is 4.45. The van der Waals surface area contributed by atoms with Crippen molar-refractivity contribution < 1.29 is 9.59 Å². The first-order valence-corrected chi connectivity index (χ1v) is 5.07. The lowest BCUT2D eigenvalue weighted by molar-refractivity contribution is -0.129. The lowest BCUT2D eigenvalue weighted by Crippen LogP contribution is -2.44. The number of hydrazine groups is 1. The maximum atomic E-state index is 11.6. The summed E-state index contributed by atoms with van der Waals surface area (Å²) in [6.45, 7) is 0. The van der Waals surface area contributed by atoms with Crippen LogP contribution in [0.5, 0.6) is 0 Å². The highest BCUT2D eigenvalue weighted by Gasteiger charge is 2.16. The van der Waals surface area contributed by atoms with E-state index in [1.165, 1.54) is 19.4 Å². The maximum absolute atomic E-state index is 11.6. The molecule has 0 atom stereocenters. The number of nitrogens with one attached hydrogen (secondary N) is 1. The summed E-state index contributed by atoms with van der Waals surface area (Å²) in [6, 6.07) is 0. The third kappa shape index (κ3) is 3.04.